The molecule has 176 valence electrons. The second kappa shape index (κ2) is 6.41. The van der Waals surface area contributed by atoms with Gasteiger partial charge in [-0.1, -0.05) is 55.4 Å². The van der Waals surface area contributed by atoms with E-state index in [1.807, 2.05) is 0 Å². The van der Waals surface area contributed by atoms with Gasteiger partial charge in [0.1, 0.15) is 5.78 Å². The van der Waals surface area contributed by atoms with Crippen LogP contribution >= 0.6 is 0 Å². The lowest BCUT2D eigenvalue weighted by molar-refractivity contribution is -0.256. The van der Waals surface area contributed by atoms with Crippen molar-refractivity contribution in [2.45, 2.75) is 126 Å². The van der Waals surface area contributed by atoms with Crippen LogP contribution in [0.2, 0.25) is 0 Å². The second-order valence-corrected chi connectivity index (χ2v) is 15.3. The minimum Gasteiger partial charge on any atom is -0.299 e. The first-order valence-electron chi connectivity index (χ1n) is 13.7. The van der Waals surface area contributed by atoms with E-state index < -0.39 is 0 Å². The Hall–Kier alpha value is -0.330. The predicted molar refractivity (Wildman–Crippen MR) is 130 cm³/mol. The van der Waals surface area contributed by atoms with Gasteiger partial charge < -0.3 is 0 Å². The van der Waals surface area contributed by atoms with Gasteiger partial charge in [-0.05, 0) is 114 Å². The Morgan fingerprint density at radius 1 is 0.645 bits per heavy atom. The van der Waals surface area contributed by atoms with E-state index in [-0.39, 0.29) is 11.3 Å². The summed E-state index contributed by atoms with van der Waals surface area (Å²) >= 11 is 0. The van der Waals surface area contributed by atoms with Gasteiger partial charge in [0.25, 0.3) is 0 Å². The van der Waals surface area contributed by atoms with Crippen LogP contribution in [0.5, 0.6) is 0 Å². The first-order valence-corrected chi connectivity index (χ1v) is 13.7. The number of carbonyl (C=O) groups is 1. The van der Waals surface area contributed by atoms with Crippen molar-refractivity contribution in [2.24, 2.45) is 56.2 Å². The number of hydrogen-bond acceptors (Lipinski definition) is 1. The highest BCUT2D eigenvalue weighted by atomic mass is 16.1. The third-order valence-electron chi connectivity index (χ3n) is 13.7. The molecule has 5 rings (SSSR count). The van der Waals surface area contributed by atoms with E-state index in [1.165, 1.54) is 57.8 Å². The number of rotatable bonds is 0. The van der Waals surface area contributed by atoms with Gasteiger partial charge in [-0.15, -0.1) is 0 Å². The number of Topliss-reactive ketones (excluding diaryl/α,β-unsaturated/α-hetero) is 1. The minimum absolute atomic E-state index is 0.237. The van der Waals surface area contributed by atoms with Gasteiger partial charge in [0.05, 0.1) is 0 Å². The summed E-state index contributed by atoms with van der Waals surface area (Å²) in [6, 6.07) is 0. The minimum atomic E-state index is 0.237. The zero-order chi connectivity index (χ0) is 22.7. The fraction of sp³-hybridized carbons (Fsp3) is 0.967. The Labute approximate surface area is 192 Å². The van der Waals surface area contributed by atoms with Gasteiger partial charge >= 0.3 is 0 Å². The van der Waals surface area contributed by atoms with Gasteiger partial charge in [0.15, 0.2) is 0 Å². The Morgan fingerprint density at radius 2 is 1.26 bits per heavy atom. The van der Waals surface area contributed by atoms with Gasteiger partial charge in [0, 0.05) is 12.3 Å². The van der Waals surface area contributed by atoms with Crippen LogP contribution in [0, 0.1) is 56.2 Å². The zero-order valence-corrected chi connectivity index (χ0v) is 22.0. The van der Waals surface area contributed by atoms with Crippen molar-refractivity contribution in [3.8, 4) is 0 Å². The van der Waals surface area contributed by atoms with E-state index in [9.17, 15) is 4.79 Å². The van der Waals surface area contributed by atoms with E-state index in [0.717, 1.165) is 30.6 Å². The first-order chi connectivity index (χ1) is 14.2. The maximum absolute atomic E-state index is 12.7. The zero-order valence-electron chi connectivity index (χ0n) is 22.0. The van der Waals surface area contributed by atoms with Crippen LogP contribution < -0.4 is 0 Å². The lowest BCUT2D eigenvalue weighted by atomic mass is 9.30. The Balaban J connectivity index is 1.55. The van der Waals surface area contributed by atoms with Crippen molar-refractivity contribution in [3.63, 3.8) is 0 Å². The third-order valence-corrected chi connectivity index (χ3v) is 13.7. The molecule has 31 heavy (non-hydrogen) atoms. The molecule has 0 amide bonds. The highest BCUT2D eigenvalue weighted by Crippen LogP contribution is 2.78. The molecule has 0 bridgehead atoms. The van der Waals surface area contributed by atoms with Crippen molar-refractivity contribution >= 4 is 5.78 Å². The van der Waals surface area contributed by atoms with Crippen molar-refractivity contribution in [3.05, 3.63) is 0 Å². The molecule has 5 aliphatic rings. The summed E-state index contributed by atoms with van der Waals surface area (Å²) in [6.45, 7) is 20.7. The normalized spacial score (nSPS) is 58.5. The Morgan fingerprint density at radius 3 is 1.97 bits per heavy atom. The van der Waals surface area contributed by atoms with Gasteiger partial charge in [-0.25, -0.2) is 0 Å². The van der Waals surface area contributed by atoms with E-state index in [0.29, 0.717) is 32.9 Å². The van der Waals surface area contributed by atoms with Crippen molar-refractivity contribution in [1.82, 2.24) is 0 Å². The molecule has 0 N–H and O–H groups in total. The molecule has 0 saturated heterocycles. The monoisotopic (exact) mass is 426 g/mol. The molecule has 0 radical (unpaired) electrons. The van der Waals surface area contributed by atoms with E-state index in [1.54, 1.807) is 0 Å². The molecule has 1 heteroatoms. The molecule has 0 spiro atoms. The van der Waals surface area contributed by atoms with E-state index in [2.05, 4.69) is 55.4 Å². The third kappa shape index (κ3) is 2.70. The largest absolute Gasteiger partial charge is 0.299 e. The average Bonchev–Trinajstić information content (AvgIpc) is 2.69. The Kier molecular flexibility index (Phi) is 4.65. The summed E-state index contributed by atoms with van der Waals surface area (Å²) in [6.07, 6.45) is 14.6. The SMILES string of the molecule is C[C@H]1C(=O)CC[C@H]2[C@]3(C)CC[C@@]4(C)[C@@H]5CC(C)(C)CC[C@]5(C)CC[C@@]4(C)[C@@H]3CC[C@@]21C. The summed E-state index contributed by atoms with van der Waals surface area (Å²) in [5.74, 6) is 3.27. The molecule has 9 atom stereocenters. The molecule has 5 fully saturated rings. The van der Waals surface area contributed by atoms with Gasteiger partial charge in [-0.2, -0.15) is 0 Å². The molecule has 1 nitrogen and oxygen atoms in total. The summed E-state index contributed by atoms with van der Waals surface area (Å²) in [5, 5.41) is 0. The molecule has 0 aliphatic heterocycles. The summed E-state index contributed by atoms with van der Waals surface area (Å²) in [7, 11) is 0. The van der Waals surface area contributed by atoms with E-state index in [4.69, 9.17) is 0 Å². The van der Waals surface area contributed by atoms with E-state index >= 15 is 0 Å². The van der Waals surface area contributed by atoms with Crippen molar-refractivity contribution in [2.75, 3.05) is 0 Å². The fourth-order valence-electron chi connectivity index (χ4n) is 11.2. The fourth-order valence-corrected chi connectivity index (χ4v) is 11.2. The smallest absolute Gasteiger partial charge is 0.136 e. The second-order valence-electron chi connectivity index (χ2n) is 15.3. The molecular formula is C30H50O. The summed E-state index contributed by atoms with van der Waals surface area (Å²) in [4.78, 5) is 12.7. The lowest BCUT2D eigenvalue weighted by Crippen LogP contribution is -2.67. The quantitative estimate of drug-likeness (QED) is 0.379. The molecule has 0 unspecified atom stereocenters. The maximum Gasteiger partial charge on any atom is 0.136 e. The van der Waals surface area contributed by atoms with Crippen LogP contribution in [0.4, 0.5) is 0 Å². The highest BCUT2D eigenvalue weighted by Gasteiger charge is 2.70. The number of ketones is 1. The lowest BCUT2D eigenvalue weighted by Gasteiger charge is -2.74. The predicted octanol–water partition coefficient (Wildman–Crippen LogP) is 8.46. The van der Waals surface area contributed by atoms with Crippen LogP contribution in [0.15, 0.2) is 0 Å². The van der Waals surface area contributed by atoms with Gasteiger partial charge in [0.2, 0.25) is 0 Å². The van der Waals surface area contributed by atoms with Crippen LogP contribution in [0.25, 0.3) is 0 Å². The molecule has 0 heterocycles. The molecule has 0 aromatic rings. The number of carbonyl (C=O) groups excluding carboxylic acids is 1. The van der Waals surface area contributed by atoms with Gasteiger partial charge in [-0.3, -0.25) is 4.79 Å². The van der Waals surface area contributed by atoms with Crippen LogP contribution in [0.1, 0.15) is 126 Å². The number of fused-ring (bicyclic) bond motifs is 7. The first kappa shape index (κ1) is 22.5. The highest BCUT2D eigenvalue weighted by molar-refractivity contribution is 5.82. The molecule has 0 aromatic carbocycles. The topological polar surface area (TPSA) is 17.1 Å². The van der Waals surface area contributed by atoms with Crippen LogP contribution in [0.3, 0.4) is 0 Å². The standard InChI is InChI=1S/C30H50O/c1-20-21(31)9-10-22-27(20,5)12-11-23-28(22,6)16-18-30(8)24-19-25(2,3)13-14-26(24,4)15-17-29(23,30)7/h20,22-24H,9-19H2,1-8H3/t20-,22+,23+,24+,26+,27+,28-,29-,30-/m0/s1. The summed E-state index contributed by atoms with van der Waals surface area (Å²) in [5.41, 5.74) is 2.67. The van der Waals surface area contributed by atoms with Crippen molar-refractivity contribution < 1.29 is 4.79 Å². The maximum atomic E-state index is 12.7. The summed E-state index contributed by atoms with van der Waals surface area (Å²) < 4.78 is 0. The number of hydrogen-bond donors (Lipinski definition) is 0. The van der Waals surface area contributed by atoms with Crippen molar-refractivity contribution in [1.29, 1.82) is 0 Å². The van der Waals surface area contributed by atoms with Crippen LogP contribution in [-0.4, -0.2) is 5.78 Å². The molecule has 0 aromatic heterocycles. The molecular weight excluding hydrogens is 376 g/mol. The van der Waals surface area contributed by atoms with Crippen LogP contribution in [-0.2, 0) is 4.79 Å². The Bertz CT molecular complexity index is 781. The molecule has 5 saturated carbocycles. The average molecular weight is 427 g/mol. The molecule has 5 aliphatic carbocycles.